The summed E-state index contributed by atoms with van der Waals surface area (Å²) in [6.07, 6.45) is 2.32. The minimum atomic E-state index is -0.674. The predicted octanol–water partition coefficient (Wildman–Crippen LogP) is 2.71. The first-order valence-electron chi connectivity index (χ1n) is 9.71. The van der Waals surface area contributed by atoms with Crippen molar-refractivity contribution in [2.75, 3.05) is 13.2 Å². The average molecular weight is 427 g/mol. The van der Waals surface area contributed by atoms with Crippen LogP contribution in [0.1, 0.15) is 56.1 Å². The molecular weight excluding hydrogens is 400 g/mol. The number of halogens is 1. The van der Waals surface area contributed by atoms with Gasteiger partial charge in [-0.05, 0) is 26.7 Å². The van der Waals surface area contributed by atoms with E-state index in [0.717, 1.165) is 12.8 Å². The van der Waals surface area contributed by atoms with E-state index in [-0.39, 0.29) is 35.2 Å². The molecule has 1 aliphatic heterocycles. The third-order valence-corrected chi connectivity index (χ3v) is 4.87. The molecule has 2 N–H and O–H groups in total. The molecule has 0 unspecified atom stereocenters. The fourth-order valence-electron chi connectivity index (χ4n) is 3.03. The van der Waals surface area contributed by atoms with Crippen LogP contribution in [0.3, 0.4) is 0 Å². The largest absolute Gasteiger partial charge is 0.463 e. The summed E-state index contributed by atoms with van der Waals surface area (Å²) in [5.41, 5.74) is 1.06. The molecule has 2 amide bonds. The number of ether oxygens (including phenoxy) is 2. The summed E-state index contributed by atoms with van der Waals surface area (Å²) in [5.74, 6) is -1.24. The highest BCUT2D eigenvalue weighted by molar-refractivity contribution is 6.32. The topological polar surface area (TPSA) is 112 Å². The van der Waals surface area contributed by atoms with Crippen LogP contribution in [0.15, 0.2) is 11.3 Å². The summed E-state index contributed by atoms with van der Waals surface area (Å²) in [6, 6.07) is -1.00. The predicted molar refractivity (Wildman–Crippen MR) is 107 cm³/mol. The van der Waals surface area contributed by atoms with Crippen molar-refractivity contribution in [2.45, 2.75) is 59.5 Å². The summed E-state index contributed by atoms with van der Waals surface area (Å²) in [6.45, 7) is 7.72. The molecule has 9 nitrogen and oxygen atoms in total. The van der Waals surface area contributed by atoms with Gasteiger partial charge in [-0.25, -0.2) is 14.4 Å². The van der Waals surface area contributed by atoms with Gasteiger partial charge in [0.05, 0.1) is 29.6 Å². The lowest BCUT2D eigenvalue weighted by Crippen LogP contribution is -2.51. The van der Waals surface area contributed by atoms with Crippen LogP contribution in [-0.4, -0.2) is 47.0 Å². The van der Waals surface area contributed by atoms with Gasteiger partial charge in [0.2, 0.25) is 0 Å². The van der Waals surface area contributed by atoms with E-state index in [2.05, 4.69) is 15.7 Å². The second kappa shape index (κ2) is 10.3. The van der Waals surface area contributed by atoms with Crippen molar-refractivity contribution >= 4 is 29.6 Å². The van der Waals surface area contributed by atoms with E-state index in [0.29, 0.717) is 18.7 Å². The summed E-state index contributed by atoms with van der Waals surface area (Å²) in [4.78, 5) is 36.9. The monoisotopic (exact) mass is 426 g/mol. The average Bonchev–Trinajstić information content (AvgIpc) is 2.97. The second-order valence-electron chi connectivity index (χ2n) is 6.58. The summed E-state index contributed by atoms with van der Waals surface area (Å²) in [7, 11) is 0. The Kier molecular flexibility index (Phi) is 8.07. The summed E-state index contributed by atoms with van der Waals surface area (Å²) in [5, 5.41) is 9.70. The van der Waals surface area contributed by atoms with E-state index in [4.69, 9.17) is 21.1 Å². The minimum absolute atomic E-state index is 0.174. The number of rotatable bonds is 9. The number of carbonyl (C=O) groups is 3. The number of urea groups is 1. The Morgan fingerprint density at radius 2 is 1.93 bits per heavy atom. The zero-order valence-electron chi connectivity index (χ0n) is 17.1. The van der Waals surface area contributed by atoms with Crippen molar-refractivity contribution in [1.29, 1.82) is 0 Å². The number of esters is 2. The second-order valence-corrected chi connectivity index (χ2v) is 6.93. The minimum Gasteiger partial charge on any atom is -0.463 e. The van der Waals surface area contributed by atoms with Gasteiger partial charge in [0.1, 0.15) is 17.3 Å². The number of aryl methyl sites for hydroxylation is 2. The van der Waals surface area contributed by atoms with Gasteiger partial charge in [-0.3, -0.25) is 4.68 Å². The summed E-state index contributed by atoms with van der Waals surface area (Å²) >= 11 is 6.30. The molecule has 160 valence electrons. The summed E-state index contributed by atoms with van der Waals surface area (Å²) < 4.78 is 12.0. The highest BCUT2D eigenvalue weighted by atomic mass is 35.5. The molecule has 0 saturated heterocycles. The number of carbonyl (C=O) groups excluding carboxylic acids is 3. The molecule has 0 aliphatic carbocycles. The maximum Gasteiger partial charge on any atom is 0.343 e. The number of hydrogen-bond donors (Lipinski definition) is 2. The van der Waals surface area contributed by atoms with Gasteiger partial charge in [0, 0.05) is 6.54 Å². The maximum atomic E-state index is 12.6. The molecule has 0 spiro atoms. The quantitative estimate of drug-likeness (QED) is 0.587. The fourth-order valence-corrected chi connectivity index (χ4v) is 3.36. The van der Waals surface area contributed by atoms with Crippen molar-refractivity contribution in [3.8, 4) is 0 Å². The maximum absolute atomic E-state index is 12.6. The van der Waals surface area contributed by atoms with Crippen LogP contribution in [0.25, 0.3) is 0 Å². The standard InChI is InChI=1S/C19H27ClN4O5/c1-5-8-9-24-16(20)14(11(4)23-24)17(25)29-10-13-15(18(26)28-7-3)12(6-2)21-19(27)22-13/h12H,5-10H2,1-4H3,(H2,21,22,27)/t12-/m0/s1. The molecule has 1 aromatic heterocycles. The molecule has 2 heterocycles. The highest BCUT2D eigenvalue weighted by Crippen LogP contribution is 2.23. The molecule has 0 bridgehead atoms. The lowest BCUT2D eigenvalue weighted by molar-refractivity contribution is -0.139. The Balaban J connectivity index is 2.23. The van der Waals surface area contributed by atoms with E-state index >= 15 is 0 Å². The van der Waals surface area contributed by atoms with Crippen molar-refractivity contribution in [1.82, 2.24) is 20.4 Å². The molecule has 2 rings (SSSR count). The van der Waals surface area contributed by atoms with Crippen LogP contribution >= 0.6 is 11.6 Å². The fraction of sp³-hybridized carbons (Fsp3) is 0.579. The Morgan fingerprint density at radius 3 is 2.55 bits per heavy atom. The molecule has 0 aromatic carbocycles. The Morgan fingerprint density at radius 1 is 1.21 bits per heavy atom. The van der Waals surface area contributed by atoms with E-state index in [1.54, 1.807) is 18.5 Å². The van der Waals surface area contributed by atoms with Gasteiger partial charge < -0.3 is 20.1 Å². The van der Waals surface area contributed by atoms with Gasteiger partial charge in [-0.2, -0.15) is 5.10 Å². The van der Waals surface area contributed by atoms with Crippen LogP contribution < -0.4 is 10.6 Å². The first kappa shape index (κ1) is 22.7. The first-order valence-corrected chi connectivity index (χ1v) is 10.1. The number of nitrogens with zero attached hydrogens (tertiary/aromatic N) is 2. The zero-order chi connectivity index (χ0) is 21.6. The number of nitrogens with one attached hydrogen (secondary N) is 2. The third-order valence-electron chi connectivity index (χ3n) is 4.49. The van der Waals surface area contributed by atoms with Gasteiger partial charge in [-0.15, -0.1) is 0 Å². The lowest BCUT2D eigenvalue weighted by atomic mass is 10.0. The molecule has 0 radical (unpaired) electrons. The van der Waals surface area contributed by atoms with Crippen molar-refractivity contribution in [3.05, 3.63) is 27.7 Å². The molecular formula is C19H27ClN4O5. The van der Waals surface area contributed by atoms with Crippen molar-refractivity contribution in [2.24, 2.45) is 0 Å². The number of aromatic nitrogens is 2. The first-order chi connectivity index (χ1) is 13.8. The Hall–Kier alpha value is -2.55. The molecule has 1 atom stereocenters. The van der Waals surface area contributed by atoms with E-state index in [1.165, 1.54) is 0 Å². The Labute approximate surface area is 174 Å². The smallest absolute Gasteiger partial charge is 0.343 e. The molecule has 10 heteroatoms. The van der Waals surface area contributed by atoms with Crippen LogP contribution in [0.2, 0.25) is 5.15 Å². The number of hydrogen-bond acceptors (Lipinski definition) is 6. The third kappa shape index (κ3) is 5.29. The molecule has 29 heavy (non-hydrogen) atoms. The van der Waals surface area contributed by atoms with Crippen LogP contribution in [-0.2, 0) is 20.8 Å². The molecule has 1 aliphatic rings. The molecule has 1 aromatic rings. The van der Waals surface area contributed by atoms with Crippen molar-refractivity contribution in [3.63, 3.8) is 0 Å². The van der Waals surface area contributed by atoms with Gasteiger partial charge >= 0.3 is 18.0 Å². The van der Waals surface area contributed by atoms with Crippen molar-refractivity contribution < 1.29 is 23.9 Å². The Bertz CT molecular complexity index is 818. The number of amides is 2. The number of unbranched alkanes of at least 4 members (excludes halogenated alkanes) is 1. The van der Waals surface area contributed by atoms with E-state index < -0.39 is 24.0 Å². The van der Waals surface area contributed by atoms with Gasteiger partial charge in [-0.1, -0.05) is 31.9 Å². The van der Waals surface area contributed by atoms with E-state index in [1.807, 2.05) is 13.8 Å². The SMILES string of the molecule is CCCCn1nc(C)c(C(=O)OCC2=C(C(=O)OCC)[C@H](CC)NC(=O)N2)c1Cl. The zero-order valence-corrected chi connectivity index (χ0v) is 17.9. The van der Waals surface area contributed by atoms with Gasteiger partial charge in [0.15, 0.2) is 0 Å². The van der Waals surface area contributed by atoms with Crippen LogP contribution in [0, 0.1) is 6.92 Å². The van der Waals surface area contributed by atoms with Gasteiger partial charge in [0.25, 0.3) is 0 Å². The van der Waals surface area contributed by atoms with E-state index in [9.17, 15) is 14.4 Å². The normalized spacial score (nSPS) is 16.3. The molecule has 0 saturated carbocycles. The van der Waals surface area contributed by atoms with Crippen LogP contribution in [0.5, 0.6) is 0 Å². The molecule has 0 fully saturated rings. The van der Waals surface area contributed by atoms with Crippen LogP contribution in [0.4, 0.5) is 4.79 Å². The lowest BCUT2D eigenvalue weighted by Gasteiger charge is -2.28. The highest BCUT2D eigenvalue weighted by Gasteiger charge is 2.32.